The smallest absolute Gasteiger partial charge is 0.308 e. The summed E-state index contributed by atoms with van der Waals surface area (Å²) in [4.78, 5) is 13.8. The van der Waals surface area contributed by atoms with Gasteiger partial charge < -0.3 is 5.11 Å². The van der Waals surface area contributed by atoms with E-state index in [0.717, 1.165) is 14.7 Å². The van der Waals surface area contributed by atoms with Crippen LogP contribution in [0.4, 0.5) is 0 Å². The minimum absolute atomic E-state index is 0.104. The maximum Gasteiger partial charge on any atom is 0.308 e. The second-order valence-corrected chi connectivity index (χ2v) is 5.31. The first-order chi connectivity index (χ1) is 7.75. The van der Waals surface area contributed by atoms with Crippen molar-refractivity contribution in [2.24, 2.45) is 0 Å². The van der Waals surface area contributed by atoms with Crippen LogP contribution in [0.25, 0.3) is 0 Å². The molecule has 0 aliphatic carbocycles. The standard InChI is InChI=1S/C12H10O2S2/c13-12(14)8-11-10(6-7-15-11)16-9-4-2-1-3-5-9/h1-7H,8H2,(H,13,14). The first-order valence-corrected chi connectivity index (χ1v) is 6.46. The van der Waals surface area contributed by atoms with Gasteiger partial charge in [0.2, 0.25) is 0 Å². The lowest BCUT2D eigenvalue weighted by molar-refractivity contribution is -0.136. The van der Waals surface area contributed by atoms with Gasteiger partial charge in [-0.2, -0.15) is 0 Å². The molecule has 2 rings (SSSR count). The fraction of sp³-hybridized carbons (Fsp3) is 0.0833. The first kappa shape index (κ1) is 11.2. The number of carboxylic acids is 1. The summed E-state index contributed by atoms with van der Waals surface area (Å²) in [5, 5.41) is 10.7. The minimum atomic E-state index is -0.780. The number of carboxylic acid groups (broad SMARTS) is 1. The molecule has 2 aromatic rings. The van der Waals surface area contributed by atoms with Gasteiger partial charge in [0.25, 0.3) is 0 Å². The van der Waals surface area contributed by atoms with Crippen LogP contribution < -0.4 is 0 Å². The Kier molecular flexibility index (Phi) is 3.64. The number of benzene rings is 1. The molecule has 1 N–H and O–H groups in total. The molecule has 1 aromatic heterocycles. The van der Waals surface area contributed by atoms with Crippen molar-refractivity contribution >= 4 is 29.1 Å². The SMILES string of the molecule is O=C(O)Cc1sccc1Sc1ccccc1. The van der Waals surface area contributed by atoms with E-state index in [1.165, 1.54) is 11.3 Å². The van der Waals surface area contributed by atoms with Crippen LogP contribution in [0, 0.1) is 0 Å². The molecule has 16 heavy (non-hydrogen) atoms. The van der Waals surface area contributed by atoms with Crippen molar-refractivity contribution in [2.45, 2.75) is 16.2 Å². The van der Waals surface area contributed by atoms with Crippen molar-refractivity contribution in [1.29, 1.82) is 0 Å². The molecule has 0 bridgehead atoms. The third kappa shape index (κ3) is 2.87. The quantitative estimate of drug-likeness (QED) is 0.902. The molecule has 0 aliphatic rings. The van der Waals surface area contributed by atoms with Crippen LogP contribution in [0.5, 0.6) is 0 Å². The van der Waals surface area contributed by atoms with Crippen molar-refractivity contribution in [3.8, 4) is 0 Å². The normalized spacial score (nSPS) is 10.2. The van der Waals surface area contributed by atoms with E-state index in [1.807, 2.05) is 41.8 Å². The minimum Gasteiger partial charge on any atom is -0.481 e. The Morgan fingerprint density at radius 1 is 1.25 bits per heavy atom. The van der Waals surface area contributed by atoms with Gasteiger partial charge in [-0.25, -0.2) is 0 Å². The van der Waals surface area contributed by atoms with E-state index in [-0.39, 0.29) is 6.42 Å². The lowest BCUT2D eigenvalue weighted by Crippen LogP contribution is -1.98. The number of carbonyl (C=O) groups is 1. The Labute approximate surface area is 102 Å². The predicted molar refractivity (Wildman–Crippen MR) is 66.2 cm³/mol. The highest BCUT2D eigenvalue weighted by molar-refractivity contribution is 7.99. The fourth-order valence-corrected chi connectivity index (χ4v) is 3.29. The number of rotatable bonds is 4. The molecule has 0 aliphatic heterocycles. The van der Waals surface area contributed by atoms with E-state index >= 15 is 0 Å². The van der Waals surface area contributed by atoms with Crippen molar-refractivity contribution in [3.05, 3.63) is 46.7 Å². The molecule has 0 spiro atoms. The molecule has 0 atom stereocenters. The Morgan fingerprint density at radius 3 is 2.69 bits per heavy atom. The molecular formula is C12H10O2S2. The van der Waals surface area contributed by atoms with E-state index in [4.69, 9.17) is 5.11 Å². The van der Waals surface area contributed by atoms with Crippen LogP contribution in [0.15, 0.2) is 51.6 Å². The van der Waals surface area contributed by atoms with E-state index < -0.39 is 5.97 Å². The number of thiophene rings is 1. The Balaban J connectivity index is 2.16. The van der Waals surface area contributed by atoms with Crippen LogP contribution >= 0.6 is 23.1 Å². The van der Waals surface area contributed by atoms with Gasteiger partial charge in [0.15, 0.2) is 0 Å². The third-order valence-electron chi connectivity index (χ3n) is 1.99. The lowest BCUT2D eigenvalue weighted by atomic mass is 10.3. The van der Waals surface area contributed by atoms with Crippen molar-refractivity contribution < 1.29 is 9.90 Å². The van der Waals surface area contributed by atoms with Crippen LogP contribution in [-0.4, -0.2) is 11.1 Å². The van der Waals surface area contributed by atoms with E-state index in [9.17, 15) is 4.79 Å². The number of hydrogen-bond donors (Lipinski definition) is 1. The second kappa shape index (κ2) is 5.18. The van der Waals surface area contributed by atoms with Gasteiger partial charge in [-0.15, -0.1) is 11.3 Å². The summed E-state index contributed by atoms with van der Waals surface area (Å²) in [7, 11) is 0. The highest BCUT2D eigenvalue weighted by Gasteiger charge is 2.09. The van der Waals surface area contributed by atoms with Gasteiger partial charge in [-0.1, -0.05) is 30.0 Å². The molecule has 0 unspecified atom stereocenters. The van der Waals surface area contributed by atoms with Gasteiger partial charge in [0.05, 0.1) is 6.42 Å². The van der Waals surface area contributed by atoms with Gasteiger partial charge in [0.1, 0.15) is 0 Å². The predicted octanol–water partition coefficient (Wildman–Crippen LogP) is 3.53. The van der Waals surface area contributed by atoms with Crippen LogP contribution in [-0.2, 0) is 11.2 Å². The van der Waals surface area contributed by atoms with Crippen LogP contribution in [0.1, 0.15) is 4.88 Å². The number of hydrogen-bond acceptors (Lipinski definition) is 3. The van der Waals surface area contributed by atoms with Gasteiger partial charge in [-0.05, 0) is 23.6 Å². The largest absolute Gasteiger partial charge is 0.481 e. The Hall–Kier alpha value is -1.26. The fourth-order valence-electron chi connectivity index (χ4n) is 1.30. The summed E-state index contributed by atoms with van der Waals surface area (Å²) in [5.74, 6) is -0.780. The summed E-state index contributed by atoms with van der Waals surface area (Å²) in [6.07, 6.45) is 0.104. The zero-order valence-corrected chi connectivity index (χ0v) is 10.1. The molecule has 1 aromatic carbocycles. The molecular weight excluding hydrogens is 240 g/mol. The van der Waals surface area contributed by atoms with Crippen molar-refractivity contribution in [3.63, 3.8) is 0 Å². The van der Waals surface area contributed by atoms with Crippen molar-refractivity contribution in [1.82, 2.24) is 0 Å². The maximum absolute atomic E-state index is 10.7. The first-order valence-electron chi connectivity index (χ1n) is 4.77. The average Bonchev–Trinajstić information content (AvgIpc) is 2.66. The van der Waals surface area contributed by atoms with Gasteiger partial charge in [0, 0.05) is 14.7 Å². The molecule has 0 saturated heterocycles. The van der Waals surface area contributed by atoms with Crippen LogP contribution in [0.2, 0.25) is 0 Å². The van der Waals surface area contributed by atoms with Gasteiger partial charge in [-0.3, -0.25) is 4.79 Å². The molecule has 0 saturated carbocycles. The Morgan fingerprint density at radius 2 is 2.00 bits per heavy atom. The molecule has 2 nitrogen and oxygen atoms in total. The van der Waals surface area contributed by atoms with E-state index in [0.29, 0.717) is 0 Å². The summed E-state index contributed by atoms with van der Waals surface area (Å²) < 4.78 is 0. The highest BCUT2D eigenvalue weighted by Crippen LogP contribution is 2.33. The summed E-state index contributed by atoms with van der Waals surface area (Å²) in [5.41, 5.74) is 0. The van der Waals surface area contributed by atoms with Crippen molar-refractivity contribution in [2.75, 3.05) is 0 Å². The molecule has 1 heterocycles. The highest BCUT2D eigenvalue weighted by atomic mass is 32.2. The van der Waals surface area contributed by atoms with E-state index in [2.05, 4.69) is 0 Å². The average molecular weight is 250 g/mol. The second-order valence-electron chi connectivity index (χ2n) is 3.19. The van der Waals surface area contributed by atoms with E-state index in [1.54, 1.807) is 11.8 Å². The summed E-state index contributed by atoms with van der Waals surface area (Å²) in [6, 6.07) is 11.9. The maximum atomic E-state index is 10.7. The zero-order chi connectivity index (χ0) is 11.4. The molecule has 4 heteroatoms. The molecule has 0 amide bonds. The third-order valence-corrected chi connectivity index (χ3v) is 4.15. The van der Waals surface area contributed by atoms with Crippen LogP contribution in [0.3, 0.4) is 0 Å². The number of aliphatic carboxylic acids is 1. The molecule has 0 fully saturated rings. The van der Waals surface area contributed by atoms with Gasteiger partial charge >= 0.3 is 5.97 Å². The molecule has 0 radical (unpaired) electrons. The summed E-state index contributed by atoms with van der Waals surface area (Å²) in [6.45, 7) is 0. The Bertz CT molecular complexity index is 477. The molecule has 82 valence electrons. The lowest BCUT2D eigenvalue weighted by Gasteiger charge is -2.01. The summed E-state index contributed by atoms with van der Waals surface area (Å²) >= 11 is 3.11. The zero-order valence-electron chi connectivity index (χ0n) is 8.42. The monoisotopic (exact) mass is 250 g/mol. The topological polar surface area (TPSA) is 37.3 Å².